The van der Waals surface area contributed by atoms with E-state index in [1.807, 2.05) is 6.08 Å². The van der Waals surface area contributed by atoms with Crippen LogP contribution >= 0.6 is 0 Å². The smallest absolute Gasteiger partial charge is 0.137 e. The summed E-state index contributed by atoms with van der Waals surface area (Å²) in [4.78, 5) is 11.0. The van der Waals surface area contributed by atoms with E-state index in [0.29, 0.717) is 12.2 Å². The van der Waals surface area contributed by atoms with E-state index in [9.17, 15) is 4.79 Å². The van der Waals surface area contributed by atoms with Crippen molar-refractivity contribution in [3.8, 4) is 0 Å². The predicted molar refractivity (Wildman–Crippen MR) is 41.8 cm³/mol. The van der Waals surface area contributed by atoms with Crippen LogP contribution in [0.25, 0.3) is 0 Å². The molecule has 1 aliphatic rings. The number of carbonyl (C=O) groups excluding carboxylic acids is 1. The zero-order valence-corrected chi connectivity index (χ0v) is 6.68. The quantitative estimate of drug-likeness (QED) is 0.469. The van der Waals surface area contributed by atoms with Gasteiger partial charge in [-0.2, -0.15) is 0 Å². The highest BCUT2D eigenvalue weighted by Crippen LogP contribution is 2.28. The van der Waals surface area contributed by atoms with Gasteiger partial charge in [-0.05, 0) is 11.8 Å². The lowest BCUT2D eigenvalue weighted by molar-refractivity contribution is -0.119. The van der Waals surface area contributed by atoms with E-state index >= 15 is 0 Å². The first-order valence-electron chi connectivity index (χ1n) is 3.77. The van der Waals surface area contributed by atoms with Gasteiger partial charge in [-0.3, -0.25) is 4.79 Å². The van der Waals surface area contributed by atoms with Crippen LogP contribution in [-0.2, 0) is 4.79 Å². The standard InChI is InChI=1S/C9H14O/c1-9(2)6-4-3-5-8(10)7-9/h3-4H,5-7H2,1-2H3. The molecule has 0 aromatic heterocycles. The monoisotopic (exact) mass is 138 g/mol. The summed E-state index contributed by atoms with van der Waals surface area (Å²) in [5.41, 5.74) is 0.198. The molecule has 0 radical (unpaired) electrons. The molecule has 0 amide bonds. The van der Waals surface area contributed by atoms with Gasteiger partial charge in [0.05, 0.1) is 0 Å². The maximum absolute atomic E-state index is 11.0. The molecule has 1 rings (SSSR count). The van der Waals surface area contributed by atoms with Gasteiger partial charge in [-0.1, -0.05) is 26.0 Å². The first-order chi connectivity index (χ1) is 4.60. The van der Waals surface area contributed by atoms with Gasteiger partial charge in [-0.25, -0.2) is 0 Å². The molecule has 1 aliphatic carbocycles. The second-order valence-corrected chi connectivity index (χ2v) is 3.76. The van der Waals surface area contributed by atoms with Crippen molar-refractivity contribution in [2.75, 3.05) is 0 Å². The SMILES string of the molecule is CC1(C)CC=CCC(=O)C1. The summed E-state index contributed by atoms with van der Waals surface area (Å²) < 4.78 is 0. The molecule has 0 bridgehead atoms. The van der Waals surface area contributed by atoms with Gasteiger partial charge in [0, 0.05) is 12.8 Å². The molecule has 0 atom stereocenters. The average molecular weight is 138 g/mol. The fourth-order valence-corrected chi connectivity index (χ4v) is 1.30. The maximum Gasteiger partial charge on any atom is 0.137 e. The first kappa shape index (κ1) is 7.52. The van der Waals surface area contributed by atoms with Gasteiger partial charge in [0.1, 0.15) is 5.78 Å². The van der Waals surface area contributed by atoms with Crippen molar-refractivity contribution in [3.63, 3.8) is 0 Å². The Morgan fingerprint density at radius 1 is 1.40 bits per heavy atom. The molecule has 0 unspecified atom stereocenters. The molecule has 1 nitrogen and oxygen atoms in total. The van der Waals surface area contributed by atoms with Crippen LogP contribution in [0.2, 0.25) is 0 Å². The summed E-state index contributed by atoms with van der Waals surface area (Å²) >= 11 is 0. The third-order valence-electron chi connectivity index (χ3n) is 1.86. The molecular formula is C9H14O. The number of rotatable bonds is 0. The third-order valence-corrected chi connectivity index (χ3v) is 1.86. The molecular weight excluding hydrogens is 124 g/mol. The summed E-state index contributed by atoms with van der Waals surface area (Å²) in [7, 11) is 0. The molecule has 0 saturated carbocycles. The normalized spacial score (nSPS) is 24.4. The third kappa shape index (κ3) is 1.98. The summed E-state index contributed by atoms with van der Waals surface area (Å²) in [6.45, 7) is 4.28. The average Bonchev–Trinajstić information content (AvgIpc) is 1.90. The summed E-state index contributed by atoms with van der Waals surface area (Å²) in [5.74, 6) is 0.374. The molecule has 0 fully saturated rings. The van der Waals surface area contributed by atoms with Crippen LogP contribution < -0.4 is 0 Å². The van der Waals surface area contributed by atoms with Crippen molar-refractivity contribution in [2.24, 2.45) is 5.41 Å². The zero-order valence-electron chi connectivity index (χ0n) is 6.68. The van der Waals surface area contributed by atoms with Crippen molar-refractivity contribution in [1.82, 2.24) is 0 Å². The Hall–Kier alpha value is -0.590. The minimum atomic E-state index is 0.198. The van der Waals surface area contributed by atoms with E-state index in [-0.39, 0.29) is 5.41 Å². The second-order valence-electron chi connectivity index (χ2n) is 3.76. The minimum absolute atomic E-state index is 0.198. The number of Topliss-reactive ketones (excluding diaryl/α,β-unsaturated/α-hetero) is 1. The van der Waals surface area contributed by atoms with Gasteiger partial charge in [0.2, 0.25) is 0 Å². The first-order valence-corrected chi connectivity index (χ1v) is 3.77. The van der Waals surface area contributed by atoms with Crippen molar-refractivity contribution < 1.29 is 4.79 Å². The number of hydrogen-bond donors (Lipinski definition) is 0. The summed E-state index contributed by atoms with van der Waals surface area (Å²) in [6.07, 6.45) is 6.52. The Morgan fingerprint density at radius 3 is 2.80 bits per heavy atom. The molecule has 0 spiro atoms. The topological polar surface area (TPSA) is 17.1 Å². The second kappa shape index (κ2) is 2.57. The summed E-state index contributed by atoms with van der Waals surface area (Å²) in [6, 6.07) is 0. The van der Waals surface area contributed by atoms with Gasteiger partial charge in [-0.15, -0.1) is 0 Å². The van der Waals surface area contributed by atoms with E-state index in [0.717, 1.165) is 12.8 Å². The lowest BCUT2D eigenvalue weighted by Gasteiger charge is -2.19. The molecule has 0 saturated heterocycles. The van der Waals surface area contributed by atoms with E-state index in [4.69, 9.17) is 0 Å². The fraction of sp³-hybridized carbons (Fsp3) is 0.667. The molecule has 0 aromatic carbocycles. The highest BCUT2D eigenvalue weighted by Gasteiger charge is 2.21. The molecule has 0 heterocycles. The number of carbonyl (C=O) groups is 1. The van der Waals surface area contributed by atoms with Crippen LogP contribution in [0.4, 0.5) is 0 Å². The van der Waals surface area contributed by atoms with Crippen LogP contribution in [0.15, 0.2) is 12.2 Å². The van der Waals surface area contributed by atoms with E-state index in [1.165, 1.54) is 0 Å². The van der Waals surface area contributed by atoms with E-state index < -0.39 is 0 Å². The van der Waals surface area contributed by atoms with Crippen LogP contribution in [0.5, 0.6) is 0 Å². The van der Waals surface area contributed by atoms with Crippen molar-refractivity contribution in [2.45, 2.75) is 33.1 Å². The highest BCUT2D eigenvalue weighted by atomic mass is 16.1. The lowest BCUT2D eigenvalue weighted by Crippen LogP contribution is -2.13. The van der Waals surface area contributed by atoms with Crippen molar-refractivity contribution >= 4 is 5.78 Å². The van der Waals surface area contributed by atoms with Gasteiger partial charge in [0.15, 0.2) is 0 Å². The van der Waals surface area contributed by atoms with Crippen LogP contribution in [0.1, 0.15) is 33.1 Å². The highest BCUT2D eigenvalue weighted by molar-refractivity contribution is 5.80. The summed E-state index contributed by atoms with van der Waals surface area (Å²) in [5, 5.41) is 0. The lowest BCUT2D eigenvalue weighted by atomic mass is 9.85. The maximum atomic E-state index is 11.0. The Morgan fingerprint density at radius 2 is 2.10 bits per heavy atom. The van der Waals surface area contributed by atoms with Gasteiger partial charge in [0.25, 0.3) is 0 Å². The van der Waals surface area contributed by atoms with Crippen LogP contribution in [0, 0.1) is 5.41 Å². The van der Waals surface area contributed by atoms with E-state index in [1.54, 1.807) is 0 Å². The predicted octanol–water partition coefficient (Wildman–Crippen LogP) is 2.32. The molecule has 0 aliphatic heterocycles. The Bertz CT molecular complexity index is 166. The number of hydrogen-bond acceptors (Lipinski definition) is 1. The molecule has 1 heteroatoms. The number of allylic oxidation sites excluding steroid dienone is 2. The minimum Gasteiger partial charge on any atom is -0.299 e. The number of ketones is 1. The molecule has 0 N–H and O–H groups in total. The van der Waals surface area contributed by atoms with E-state index in [2.05, 4.69) is 19.9 Å². The molecule has 56 valence electrons. The fourth-order valence-electron chi connectivity index (χ4n) is 1.30. The zero-order chi connectivity index (χ0) is 7.61. The van der Waals surface area contributed by atoms with Crippen molar-refractivity contribution in [3.05, 3.63) is 12.2 Å². The Kier molecular flexibility index (Phi) is 1.93. The largest absolute Gasteiger partial charge is 0.299 e. The van der Waals surface area contributed by atoms with Crippen LogP contribution in [0.3, 0.4) is 0 Å². The van der Waals surface area contributed by atoms with Crippen molar-refractivity contribution in [1.29, 1.82) is 0 Å². The van der Waals surface area contributed by atoms with Gasteiger partial charge >= 0.3 is 0 Å². The molecule has 10 heavy (non-hydrogen) atoms. The molecule has 0 aromatic rings. The Balaban J connectivity index is 2.66. The van der Waals surface area contributed by atoms with Gasteiger partial charge < -0.3 is 0 Å². The Labute approximate surface area is 62.1 Å². The van der Waals surface area contributed by atoms with Crippen LogP contribution in [-0.4, -0.2) is 5.78 Å².